The third kappa shape index (κ3) is 3.89. The quantitative estimate of drug-likeness (QED) is 0.826. The lowest BCUT2D eigenvalue weighted by Gasteiger charge is -2.07. The highest BCUT2D eigenvalue weighted by atomic mass is 79.9. The number of nitrogens with two attached hydrogens (primary N) is 1. The van der Waals surface area contributed by atoms with Crippen molar-refractivity contribution in [2.24, 2.45) is 5.90 Å². The Morgan fingerprint density at radius 3 is 2.92 bits per heavy atom. The van der Waals surface area contributed by atoms with Crippen LogP contribution in [-0.4, -0.2) is 6.10 Å². The fourth-order valence-electron chi connectivity index (χ4n) is 1.13. The average molecular weight is 244 g/mol. The molecular formula is C10H14BrNO. The van der Waals surface area contributed by atoms with Gasteiger partial charge >= 0.3 is 0 Å². The SMILES string of the molecule is CC(CCc1cccc(Br)c1)ON. The zero-order chi connectivity index (χ0) is 9.68. The topological polar surface area (TPSA) is 35.2 Å². The lowest BCUT2D eigenvalue weighted by atomic mass is 10.1. The van der Waals surface area contributed by atoms with E-state index in [9.17, 15) is 0 Å². The molecule has 0 aromatic heterocycles. The van der Waals surface area contributed by atoms with E-state index < -0.39 is 0 Å². The largest absolute Gasteiger partial charge is 0.302 e. The second-order valence-electron chi connectivity index (χ2n) is 3.12. The molecule has 0 saturated heterocycles. The van der Waals surface area contributed by atoms with Crippen LogP contribution in [0.3, 0.4) is 0 Å². The van der Waals surface area contributed by atoms with Crippen molar-refractivity contribution < 1.29 is 4.84 Å². The smallest absolute Gasteiger partial charge is 0.0762 e. The van der Waals surface area contributed by atoms with Crippen LogP contribution in [0.15, 0.2) is 28.7 Å². The summed E-state index contributed by atoms with van der Waals surface area (Å²) in [5.74, 6) is 5.06. The second-order valence-corrected chi connectivity index (χ2v) is 4.03. The number of hydrogen-bond acceptors (Lipinski definition) is 2. The van der Waals surface area contributed by atoms with Gasteiger partial charge < -0.3 is 4.84 Å². The van der Waals surface area contributed by atoms with Crippen LogP contribution in [0.4, 0.5) is 0 Å². The fourth-order valence-corrected chi connectivity index (χ4v) is 1.58. The average Bonchev–Trinajstić information content (AvgIpc) is 2.14. The predicted molar refractivity (Wildman–Crippen MR) is 57.2 cm³/mol. The van der Waals surface area contributed by atoms with Gasteiger partial charge in [0, 0.05) is 4.47 Å². The number of rotatable bonds is 4. The van der Waals surface area contributed by atoms with E-state index in [1.165, 1.54) is 5.56 Å². The standard InChI is InChI=1S/C10H14BrNO/c1-8(13-12)5-6-9-3-2-4-10(11)7-9/h2-4,7-8H,5-6,12H2,1H3. The molecule has 0 aliphatic carbocycles. The van der Waals surface area contributed by atoms with Crippen molar-refractivity contribution in [2.75, 3.05) is 0 Å². The first-order valence-corrected chi connectivity index (χ1v) is 5.11. The zero-order valence-electron chi connectivity index (χ0n) is 7.66. The van der Waals surface area contributed by atoms with Crippen molar-refractivity contribution in [3.05, 3.63) is 34.3 Å². The lowest BCUT2D eigenvalue weighted by molar-refractivity contribution is 0.0610. The molecule has 13 heavy (non-hydrogen) atoms. The summed E-state index contributed by atoms with van der Waals surface area (Å²) < 4.78 is 1.12. The van der Waals surface area contributed by atoms with E-state index in [1.807, 2.05) is 19.1 Å². The Morgan fingerprint density at radius 1 is 1.54 bits per heavy atom. The Morgan fingerprint density at radius 2 is 2.31 bits per heavy atom. The first-order valence-electron chi connectivity index (χ1n) is 4.32. The van der Waals surface area contributed by atoms with Crippen LogP contribution in [0.1, 0.15) is 18.9 Å². The molecule has 0 aliphatic heterocycles. The van der Waals surface area contributed by atoms with Crippen LogP contribution in [0, 0.1) is 0 Å². The van der Waals surface area contributed by atoms with Gasteiger partial charge in [0.05, 0.1) is 6.10 Å². The maximum Gasteiger partial charge on any atom is 0.0762 e. The summed E-state index contributed by atoms with van der Waals surface area (Å²) >= 11 is 3.43. The van der Waals surface area contributed by atoms with Gasteiger partial charge in [0.2, 0.25) is 0 Å². The van der Waals surface area contributed by atoms with E-state index in [0.29, 0.717) is 0 Å². The van der Waals surface area contributed by atoms with E-state index in [0.717, 1.165) is 17.3 Å². The molecule has 0 fully saturated rings. The van der Waals surface area contributed by atoms with Crippen molar-refractivity contribution in [3.8, 4) is 0 Å². The molecule has 0 saturated carbocycles. The van der Waals surface area contributed by atoms with Gasteiger partial charge in [0.1, 0.15) is 0 Å². The highest BCUT2D eigenvalue weighted by molar-refractivity contribution is 9.10. The van der Waals surface area contributed by atoms with Crippen LogP contribution >= 0.6 is 15.9 Å². The summed E-state index contributed by atoms with van der Waals surface area (Å²) in [5, 5.41) is 0. The van der Waals surface area contributed by atoms with Gasteiger partial charge in [-0.15, -0.1) is 0 Å². The first-order chi connectivity index (χ1) is 6.22. The second kappa shape index (κ2) is 5.37. The van der Waals surface area contributed by atoms with E-state index >= 15 is 0 Å². The highest BCUT2D eigenvalue weighted by Gasteiger charge is 2.00. The zero-order valence-corrected chi connectivity index (χ0v) is 9.25. The molecule has 0 aliphatic rings. The third-order valence-electron chi connectivity index (χ3n) is 1.96. The van der Waals surface area contributed by atoms with Crippen molar-refractivity contribution in [2.45, 2.75) is 25.9 Å². The van der Waals surface area contributed by atoms with Gasteiger partial charge in [0.15, 0.2) is 0 Å². The van der Waals surface area contributed by atoms with Crippen LogP contribution in [0.2, 0.25) is 0 Å². The first kappa shape index (κ1) is 10.7. The summed E-state index contributed by atoms with van der Waals surface area (Å²) in [6, 6.07) is 8.27. The molecular weight excluding hydrogens is 230 g/mol. The summed E-state index contributed by atoms with van der Waals surface area (Å²) in [4.78, 5) is 4.69. The number of hydrogen-bond donors (Lipinski definition) is 1. The van der Waals surface area contributed by atoms with Crippen LogP contribution in [0.5, 0.6) is 0 Å². The van der Waals surface area contributed by atoms with Crippen LogP contribution in [-0.2, 0) is 11.3 Å². The Hall–Kier alpha value is -0.380. The van der Waals surface area contributed by atoms with Gasteiger partial charge in [0.25, 0.3) is 0 Å². The van der Waals surface area contributed by atoms with Gasteiger partial charge in [-0.2, -0.15) is 0 Å². The minimum atomic E-state index is 0.124. The van der Waals surface area contributed by atoms with Gasteiger partial charge in [-0.25, -0.2) is 5.90 Å². The van der Waals surface area contributed by atoms with E-state index in [-0.39, 0.29) is 6.10 Å². The summed E-state index contributed by atoms with van der Waals surface area (Å²) in [5.41, 5.74) is 1.30. The Labute approximate surface area is 87.2 Å². The molecule has 3 heteroatoms. The molecule has 1 aromatic carbocycles. The molecule has 1 atom stereocenters. The number of aryl methyl sites for hydroxylation is 1. The molecule has 0 bridgehead atoms. The lowest BCUT2D eigenvalue weighted by Crippen LogP contribution is -2.13. The number of halogens is 1. The minimum absolute atomic E-state index is 0.124. The molecule has 0 spiro atoms. The fraction of sp³-hybridized carbons (Fsp3) is 0.400. The summed E-state index contributed by atoms with van der Waals surface area (Å²) in [7, 11) is 0. The van der Waals surface area contributed by atoms with Gasteiger partial charge in [-0.3, -0.25) is 0 Å². The van der Waals surface area contributed by atoms with E-state index in [2.05, 4.69) is 28.1 Å². The molecule has 2 nitrogen and oxygen atoms in total. The molecule has 2 N–H and O–H groups in total. The van der Waals surface area contributed by atoms with Crippen molar-refractivity contribution >= 4 is 15.9 Å². The molecule has 0 amide bonds. The maximum absolute atomic E-state index is 5.06. The molecule has 72 valence electrons. The van der Waals surface area contributed by atoms with Crippen molar-refractivity contribution in [1.29, 1.82) is 0 Å². The molecule has 0 heterocycles. The monoisotopic (exact) mass is 243 g/mol. The van der Waals surface area contributed by atoms with Crippen LogP contribution < -0.4 is 5.90 Å². The number of benzene rings is 1. The van der Waals surface area contributed by atoms with Crippen molar-refractivity contribution in [1.82, 2.24) is 0 Å². The van der Waals surface area contributed by atoms with Gasteiger partial charge in [-0.1, -0.05) is 28.1 Å². The van der Waals surface area contributed by atoms with E-state index in [1.54, 1.807) is 0 Å². The third-order valence-corrected chi connectivity index (χ3v) is 2.45. The highest BCUT2D eigenvalue weighted by Crippen LogP contribution is 2.13. The molecule has 1 rings (SSSR count). The van der Waals surface area contributed by atoms with Gasteiger partial charge in [-0.05, 0) is 37.5 Å². The normalized spacial score (nSPS) is 12.8. The molecule has 1 aromatic rings. The molecule has 0 radical (unpaired) electrons. The predicted octanol–water partition coefficient (Wildman–Crippen LogP) is 2.66. The van der Waals surface area contributed by atoms with E-state index in [4.69, 9.17) is 10.7 Å². The Bertz CT molecular complexity index is 265. The molecule has 1 unspecified atom stereocenters. The maximum atomic E-state index is 5.06. The van der Waals surface area contributed by atoms with Crippen molar-refractivity contribution in [3.63, 3.8) is 0 Å². The van der Waals surface area contributed by atoms with Crippen LogP contribution in [0.25, 0.3) is 0 Å². The summed E-state index contributed by atoms with van der Waals surface area (Å²) in [6.07, 6.45) is 2.07. The minimum Gasteiger partial charge on any atom is -0.302 e. The Kier molecular flexibility index (Phi) is 4.42. The Balaban J connectivity index is 2.45. The summed E-state index contributed by atoms with van der Waals surface area (Å²) in [6.45, 7) is 1.97.